The third kappa shape index (κ3) is 8.00. The van der Waals surface area contributed by atoms with Gasteiger partial charge < -0.3 is 20.5 Å². The van der Waals surface area contributed by atoms with E-state index in [4.69, 9.17) is 21.4 Å². The molecule has 13 heteroatoms. The summed E-state index contributed by atoms with van der Waals surface area (Å²) < 4.78 is 18.4. The largest absolute Gasteiger partial charge is 0.488 e. The van der Waals surface area contributed by atoms with Crippen LogP contribution in [0.4, 0.5) is 5.82 Å². The van der Waals surface area contributed by atoms with E-state index in [1.165, 1.54) is 19.2 Å². The second-order valence-electron chi connectivity index (χ2n) is 15.0. The van der Waals surface area contributed by atoms with Gasteiger partial charge in [0.25, 0.3) is 0 Å². The van der Waals surface area contributed by atoms with Gasteiger partial charge in [0.05, 0.1) is 6.33 Å². The van der Waals surface area contributed by atoms with Crippen LogP contribution in [0.2, 0.25) is 0 Å². The lowest BCUT2D eigenvalue weighted by atomic mass is 9.61. The molecule has 0 aromatic carbocycles. The van der Waals surface area contributed by atoms with Gasteiger partial charge >= 0.3 is 15.4 Å². The van der Waals surface area contributed by atoms with Gasteiger partial charge in [0.15, 0.2) is 29.3 Å². The van der Waals surface area contributed by atoms with E-state index in [-0.39, 0.29) is 12.1 Å². The summed E-state index contributed by atoms with van der Waals surface area (Å²) in [6.07, 6.45) is 2.14. The molecule has 11 nitrogen and oxygen atoms in total. The molecule has 13 atom stereocenters. The van der Waals surface area contributed by atoms with Crippen molar-refractivity contribution in [2.75, 3.05) is 25.0 Å². The van der Waals surface area contributed by atoms with Crippen molar-refractivity contribution in [1.82, 2.24) is 24.8 Å². The maximum atomic E-state index is 11.0. The average molecular weight is 676 g/mol. The Balaban J connectivity index is 1.48. The smallest absolute Gasteiger partial charge is 0.385 e. The molecule has 0 spiro atoms. The molecule has 0 saturated carbocycles. The molecule has 2 aromatic heterocycles. The summed E-state index contributed by atoms with van der Waals surface area (Å²) in [5, 5.41) is 18.6. The molecule has 4 heterocycles. The van der Waals surface area contributed by atoms with E-state index >= 15 is 0 Å². The zero-order valence-corrected chi connectivity index (χ0v) is 31.4. The Labute approximate surface area is 284 Å². The van der Waals surface area contributed by atoms with Crippen LogP contribution in [0.3, 0.4) is 0 Å². The minimum absolute atomic E-state index is 0.0290. The van der Waals surface area contributed by atoms with Crippen LogP contribution in [-0.4, -0.2) is 80.6 Å². The third-order valence-corrected chi connectivity index (χ3v) is 13.8. The normalized spacial score (nSPS) is 31.3. The van der Waals surface area contributed by atoms with Crippen LogP contribution in [0.25, 0.3) is 11.2 Å². The molecule has 2 aliphatic rings. The number of hydrogen-bond donors (Lipinski definition) is 4. The van der Waals surface area contributed by atoms with Gasteiger partial charge in [0.2, 0.25) is 0 Å². The summed E-state index contributed by atoms with van der Waals surface area (Å²) >= 11 is 0. The molecule has 0 bridgehead atoms. The monoisotopic (exact) mass is 675 g/mol. The predicted octanol–water partition coefficient (Wildman–Crippen LogP) is 6.01. The van der Waals surface area contributed by atoms with Crippen LogP contribution in [-0.2, 0) is 13.8 Å². The fourth-order valence-corrected chi connectivity index (χ4v) is 8.83. The molecule has 4 rings (SSSR count). The Bertz CT molecular complexity index is 1270. The van der Waals surface area contributed by atoms with Crippen molar-refractivity contribution in [3.05, 3.63) is 12.7 Å². The van der Waals surface area contributed by atoms with E-state index in [2.05, 4.69) is 102 Å². The number of anilines is 1. The van der Waals surface area contributed by atoms with Crippen molar-refractivity contribution in [3.63, 3.8) is 0 Å². The van der Waals surface area contributed by atoms with Crippen molar-refractivity contribution < 1.29 is 23.8 Å². The lowest BCUT2D eigenvalue weighted by molar-refractivity contribution is -0.0603. The summed E-state index contributed by atoms with van der Waals surface area (Å²) in [4.78, 5) is 23.6. The molecule has 47 heavy (non-hydrogen) atoms. The zero-order chi connectivity index (χ0) is 34.8. The van der Waals surface area contributed by atoms with Crippen LogP contribution in [0.15, 0.2) is 12.7 Å². The van der Waals surface area contributed by atoms with Crippen molar-refractivity contribution in [3.8, 4) is 0 Å². The van der Waals surface area contributed by atoms with Crippen molar-refractivity contribution in [2.24, 2.45) is 47.3 Å². The Morgan fingerprint density at radius 3 is 2.13 bits per heavy atom. The Morgan fingerprint density at radius 1 is 0.957 bits per heavy atom. The molecule has 0 aliphatic carbocycles. The number of rotatable bonds is 16. The number of nitrogens with zero attached hydrogens (tertiary/aromatic N) is 4. The highest BCUT2D eigenvalue weighted by Crippen LogP contribution is 2.58. The number of nitrogens with one attached hydrogen (secondary N) is 2. The summed E-state index contributed by atoms with van der Waals surface area (Å²) in [7, 11) is 2.20. The SMILES string of the molecule is [B][P+]1(O)OC[C@H]2O[C@@H](n3cnc4c(NCCNC(C)(C(C)C(C)C(C)C(C)CC)C(C)C(C)C(C)C(C)CC)ncnc43)C(O)[C@H]2O1. The lowest BCUT2D eigenvalue weighted by Gasteiger charge is -2.50. The van der Waals surface area contributed by atoms with E-state index in [0.717, 1.165) is 6.54 Å². The fourth-order valence-electron chi connectivity index (χ4n) is 7.80. The number of fused-ring (bicyclic) bond motifs is 2. The second kappa shape index (κ2) is 15.7. The van der Waals surface area contributed by atoms with Gasteiger partial charge in [-0.2, -0.15) is 9.05 Å². The molecule has 4 N–H and O–H groups in total. The molecule has 2 aromatic rings. The van der Waals surface area contributed by atoms with Gasteiger partial charge in [-0.25, -0.2) is 19.8 Å². The standard InChI is InChI=1S/C34H61BN6O5P/c1-12-19(3)21(5)23(7)25(9)34(11,26(10)24(8)22(6)20(4)13-2)40-15-14-36-31-28-32(38-17-37-31)41(18-39-28)33-29(42)30-27(45-33)16-44-47(35,43)46-30/h17-27,29-30,33,40,42-43H,12-16H2,1-11H3,(H,36,37,38)/q+1/t19?,20?,21?,22?,23?,24?,25?,26?,27-,29?,30+,33-,34?,47?/m1/s1. The summed E-state index contributed by atoms with van der Waals surface area (Å²) in [5.74, 6) is 5.26. The van der Waals surface area contributed by atoms with Crippen molar-refractivity contribution in [1.29, 1.82) is 0 Å². The summed E-state index contributed by atoms with van der Waals surface area (Å²) in [5.41, 5.74) is 1.02. The van der Waals surface area contributed by atoms with E-state index in [1.807, 2.05) is 0 Å². The number of imidazole rings is 1. The van der Waals surface area contributed by atoms with Crippen LogP contribution >= 0.6 is 7.82 Å². The highest BCUT2D eigenvalue weighted by Gasteiger charge is 2.57. The first-order chi connectivity index (χ1) is 22.1. The fraction of sp³-hybridized carbons (Fsp3) is 0.853. The van der Waals surface area contributed by atoms with Gasteiger partial charge in [-0.05, 0) is 54.3 Å². The molecule has 264 valence electrons. The first kappa shape index (κ1) is 38.4. The maximum absolute atomic E-state index is 11.0. The third-order valence-electron chi connectivity index (χ3n) is 12.8. The number of aliphatic hydroxyl groups excluding tert-OH is 1. The molecule has 2 fully saturated rings. The first-order valence-corrected chi connectivity index (χ1v) is 19.5. The van der Waals surface area contributed by atoms with Crippen LogP contribution in [0.1, 0.15) is 95.2 Å². The quantitative estimate of drug-likeness (QED) is 0.0952. The van der Waals surface area contributed by atoms with E-state index < -0.39 is 32.4 Å². The van der Waals surface area contributed by atoms with Crippen LogP contribution in [0, 0.1) is 47.3 Å². The zero-order valence-electron chi connectivity index (χ0n) is 30.6. The molecule has 10 unspecified atom stereocenters. The number of hydrogen-bond acceptors (Lipinski definition) is 10. The molecule has 2 radical (unpaired) electrons. The summed E-state index contributed by atoms with van der Waals surface area (Å²) in [6, 6.07) is 0. The minimum Gasteiger partial charge on any atom is -0.385 e. The van der Waals surface area contributed by atoms with Crippen LogP contribution in [0.5, 0.6) is 0 Å². The van der Waals surface area contributed by atoms with Gasteiger partial charge in [-0.15, -0.1) is 0 Å². The minimum atomic E-state index is -3.48. The highest BCUT2D eigenvalue weighted by molar-refractivity contribution is 7.85. The lowest BCUT2D eigenvalue weighted by Crippen LogP contribution is -2.58. The predicted molar refractivity (Wildman–Crippen MR) is 190 cm³/mol. The topological polar surface area (TPSA) is 136 Å². The molecule has 2 aliphatic heterocycles. The van der Waals surface area contributed by atoms with Crippen LogP contribution < -0.4 is 10.6 Å². The van der Waals surface area contributed by atoms with Gasteiger partial charge in [-0.3, -0.25) is 4.57 Å². The molecule has 0 amide bonds. The molecular weight excluding hydrogens is 614 g/mol. The number of aliphatic hydroxyl groups is 1. The number of ether oxygens (including phenoxy) is 1. The maximum Gasteiger partial charge on any atom is 0.488 e. The van der Waals surface area contributed by atoms with Gasteiger partial charge in [0.1, 0.15) is 25.1 Å². The van der Waals surface area contributed by atoms with E-state index in [1.54, 1.807) is 10.9 Å². The average Bonchev–Trinajstić information content (AvgIpc) is 3.63. The van der Waals surface area contributed by atoms with Gasteiger partial charge in [-0.1, -0.05) is 82.1 Å². The van der Waals surface area contributed by atoms with Crippen molar-refractivity contribution >= 4 is 32.4 Å². The Hall–Kier alpha value is -1.40. The van der Waals surface area contributed by atoms with E-state index in [0.29, 0.717) is 70.9 Å². The van der Waals surface area contributed by atoms with Crippen molar-refractivity contribution in [2.45, 2.75) is 119 Å². The Morgan fingerprint density at radius 2 is 1.55 bits per heavy atom. The molecule has 2 saturated heterocycles. The first-order valence-electron chi connectivity index (χ1n) is 17.8. The number of aromatic nitrogens is 4. The highest BCUT2D eigenvalue weighted by atomic mass is 31.2. The van der Waals surface area contributed by atoms with E-state index in [9.17, 15) is 10.00 Å². The summed E-state index contributed by atoms with van der Waals surface area (Å²) in [6.45, 7) is 27.9. The Kier molecular flexibility index (Phi) is 12.8. The second-order valence-corrected chi connectivity index (χ2v) is 16.6. The van der Waals surface area contributed by atoms with Gasteiger partial charge in [0, 0.05) is 18.6 Å². The molecular formula is C34H61BN6O5P+.